The van der Waals surface area contributed by atoms with Gasteiger partial charge >= 0.3 is 0 Å². The third kappa shape index (κ3) is 2.64. The summed E-state index contributed by atoms with van der Waals surface area (Å²) in [5, 5.41) is 4.45. The molecule has 1 aliphatic rings. The highest BCUT2D eigenvalue weighted by atomic mass is 16.1. The minimum absolute atomic E-state index is 0.111. The molecule has 1 aliphatic carbocycles. The Balaban J connectivity index is 2.01. The molecule has 2 rings (SSSR count). The summed E-state index contributed by atoms with van der Waals surface area (Å²) in [5.74, 6) is 0.487. The van der Waals surface area contributed by atoms with E-state index in [1.165, 1.54) is 0 Å². The summed E-state index contributed by atoms with van der Waals surface area (Å²) in [7, 11) is 0. The van der Waals surface area contributed by atoms with Gasteiger partial charge in [-0.15, -0.1) is 0 Å². The molecule has 4 nitrogen and oxygen atoms in total. The fourth-order valence-corrected chi connectivity index (χ4v) is 2.17. The Labute approximate surface area is 109 Å². The first-order valence-electron chi connectivity index (χ1n) is 6.81. The van der Waals surface area contributed by atoms with Crippen LogP contribution in [0.5, 0.6) is 0 Å². The van der Waals surface area contributed by atoms with Crippen LogP contribution in [-0.4, -0.2) is 21.1 Å². The lowest BCUT2D eigenvalue weighted by atomic mass is 9.89. The molecule has 0 saturated heterocycles. The Morgan fingerprint density at radius 3 is 2.89 bits per heavy atom. The van der Waals surface area contributed by atoms with Crippen molar-refractivity contribution in [2.45, 2.75) is 58.0 Å². The third-order valence-corrected chi connectivity index (χ3v) is 4.07. The van der Waals surface area contributed by atoms with E-state index in [2.05, 4.69) is 18.9 Å². The maximum atomic E-state index is 12.2. The average molecular weight is 249 g/mol. The second-order valence-electron chi connectivity index (χ2n) is 5.70. The van der Waals surface area contributed by atoms with E-state index in [1.54, 1.807) is 0 Å². The van der Waals surface area contributed by atoms with Crippen LogP contribution in [0.3, 0.4) is 0 Å². The summed E-state index contributed by atoms with van der Waals surface area (Å²) < 4.78 is 1.92. The number of carbonyl (C=O) groups is 1. The van der Waals surface area contributed by atoms with Crippen molar-refractivity contribution in [2.75, 3.05) is 0 Å². The Morgan fingerprint density at radius 1 is 1.67 bits per heavy atom. The quantitative estimate of drug-likeness (QED) is 0.839. The van der Waals surface area contributed by atoms with Crippen molar-refractivity contribution < 1.29 is 4.79 Å². The standard InChI is InChI=1S/C14H23N3O/c1-4-10(2)17-8-7-12(16-17)9-13(18)14(3,15)11-5-6-11/h7-8,10-11H,4-6,9,15H2,1-3H3. The van der Waals surface area contributed by atoms with Crippen LogP contribution in [0.15, 0.2) is 12.3 Å². The molecule has 18 heavy (non-hydrogen) atoms. The molecule has 100 valence electrons. The van der Waals surface area contributed by atoms with Crippen molar-refractivity contribution in [3.63, 3.8) is 0 Å². The van der Waals surface area contributed by atoms with E-state index in [4.69, 9.17) is 5.73 Å². The Hall–Kier alpha value is -1.16. The SMILES string of the molecule is CCC(C)n1ccc(CC(=O)C(C)(N)C2CC2)n1. The van der Waals surface area contributed by atoms with E-state index in [0.29, 0.717) is 18.4 Å². The molecule has 1 saturated carbocycles. The second kappa shape index (κ2) is 4.84. The first-order chi connectivity index (χ1) is 8.45. The number of hydrogen-bond acceptors (Lipinski definition) is 3. The maximum absolute atomic E-state index is 12.2. The largest absolute Gasteiger partial charge is 0.319 e. The normalized spacial score (nSPS) is 20.4. The molecule has 2 atom stereocenters. The van der Waals surface area contributed by atoms with Gasteiger partial charge in [0.15, 0.2) is 5.78 Å². The van der Waals surface area contributed by atoms with Gasteiger partial charge in [0.1, 0.15) is 0 Å². The van der Waals surface area contributed by atoms with E-state index in [-0.39, 0.29) is 5.78 Å². The van der Waals surface area contributed by atoms with Crippen LogP contribution in [0, 0.1) is 5.92 Å². The van der Waals surface area contributed by atoms with Crippen LogP contribution in [0.2, 0.25) is 0 Å². The Morgan fingerprint density at radius 2 is 2.33 bits per heavy atom. The summed E-state index contributed by atoms with van der Waals surface area (Å²) in [6, 6.07) is 2.30. The van der Waals surface area contributed by atoms with Gasteiger partial charge in [0.05, 0.1) is 17.7 Å². The number of nitrogens with two attached hydrogens (primary N) is 1. The van der Waals surface area contributed by atoms with Crippen molar-refractivity contribution in [2.24, 2.45) is 11.7 Å². The second-order valence-corrected chi connectivity index (χ2v) is 5.70. The van der Waals surface area contributed by atoms with E-state index in [0.717, 1.165) is 25.0 Å². The molecule has 2 N–H and O–H groups in total. The number of Topliss-reactive ketones (excluding diaryl/α,β-unsaturated/α-hetero) is 1. The molecular formula is C14H23N3O. The van der Waals surface area contributed by atoms with Gasteiger partial charge in [0.2, 0.25) is 0 Å². The van der Waals surface area contributed by atoms with Gasteiger partial charge in [-0.05, 0) is 45.1 Å². The van der Waals surface area contributed by atoms with Gasteiger partial charge < -0.3 is 5.73 Å². The van der Waals surface area contributed by atoms with Crippen LogP contribution >= 0.6 is 0 Å². The van der Waals surface area contributed by atoms with Crippen molar-refractivity contribution >= 4 is 5.78 Å². The van der Waals surface area contributed by atoms with E-state index < -0.39 is 5.54 Å². The van der Waals surface area contributed by atoms with Crippen LogP contribution in [0.4, 0.5) is 0 Å². The third-order valence-electron chi connectivity index (χ3n) is 4.07. The molecule has 1 aromatic heterocycles. The lowest BCUT2D eigenvalue weighted by Crippen LogP contribution is -2.48. The number of rotatable bonds is 6. The molecule has 0 bridgehead atoms. The van der Waals surface area contributed by atoms with E-state index >= 15 is 0 Å². The van der Waals surface area contributed by atoms with Crippen molar-refractivity contribution in [3.8, 4) is 0 Å². The predicted molar refractivity (Wildman–Crippen MR) is 71.3 cm³/mol. The zero-order valence-electron chi connectivity index (χ0n) is 11.5. The first-order valence-corrected chi connectivity index (χ1v) is 6.81. The van der Waals surface area contributed by atoms with Gasteiger partial charge in [-0.25, -0.2) is 0 Å². The van der Waals surface area contributed by atoms with Crippen molar-refractivity contribution in [1.29, 1.82) is 0 Å². The van der Waals surface area contributed by atoms with Gasteiger partial charge in [-0.2, -0.15) is 5.10 Å². The molecule has 4 heteroatoms. The highest BCUT2D eigenvalue weighted by molar-refractivity contribution is 5.90. The summed E-state index contributed by atoms with van der Waals surface area (Å²) in [6.07, 6.45) is 5.50. The Kier molecular flexibility index (Phi) is 3.57. The summed E-state index contributed by atoms with van der Waals surface area (Å²) in [5.41, 5.74) is 6.29. The lowest BCUT2D eigenvalue weighted by molar-refractivity contribution is -0.123. The average Bonchev–Trinajstić information content (AvgIpc) is 3.10. The smallest absolute Gasteiger partial charge is 0.158 e. The predicted octanol–water partition coefficient (Wildman–Crippen LogP) is 2.09. The lowest BCUT2D eigenvalue weighted by Gasteiger charge is -2.22. The molecule has 1 aromatic rings. The van der Waals surface area contributed by atoms with Crippen LogP contribution in [-0.2, 0) is 11.2 Å². The highest BCUT2D eigenvalue weighted by Gasteiger charge is 2.43. The minimum atomic E-state index is -0.667. The summed E-state index contributed by atoms with van der Waals surface area (Å²) in [4.78, 5) is 12.2. The van der Waals surface area contributed by atoms with Crippen LogP contribution in [0.1, 0.15) is 51.8 Å². The number of hydrogen-bond donors (Lipinski definition) is 1. The monoisotopic (exact) mass is 249 g/mol. The zero-order valence-corrected chi connectivity index (χ0v) is 11.5. The summed E-state index contributed by atoms with van der Waals surface area (Å²) >= 11 is 0. The summed E-state index contributed by atoms with van der Waals surface area (Å²) in [6.45, 7) is 6.11. The number of nitrogens with zero attached hydrogens (tertiary/aromatic N) is 2. The van der Waals surface area contributed by atoms with Crippen LogP contribution < -0.4 is 5.73 Å². The van der Waals surface area contributed by atoms with Gasteiger partial charge in [0.25, 0.3) is 0 Å². The topological polar surface area (TPSA) is 60.9 Å². The Bertz CT molecular complexity index is 432. The molecule has 0 radical (unpaired) electrons. The number of aromatic nitrogens is 2. The molecular weight excluding hydrogens is 226 g/mol. The van der Waals surface area contributed by atoms with Crippen molar-refractivity contribution in [1.82, 2.24) is 9.78 Å². The van der Waals surface area contributed by atoms with Crippen molar-refractivity contribution in [3.05, 3.63) is 18.0 Å². The van der Waals surface area contributed by atoms with Gasteiger partial charge in [-0.1, -0.05) is 6.92 Å². The fraction of sp³-hybridized carbons (Fsp3) is 0.714. The number of carbonyl (C=O) groups excluding carboxylic acids is 1. The van der Waals surface area contributed by atoms with Crippen LogP contribution in [0.25, 0.3) is 0 Å². The molecule has 0 aromatic carbocycles. The zero-order chi connectivity index (χ0) is 13.3. The highest BCUT2D eigenvalue weighted by Crippen LogP contribution is 2.38. The molecule has 2 unspecified atom stereocenters. The minimum Gasteiger partial charge on any atom is -0.319 e. The van der Waals surface area contributed by atoms with Gasteiger partial charge in [0, 0.05) is 12.2 Å². The first kappa shape index (κ1) is 13.3. The van der Waals surface area contributed by atoms with E-state index in [1.807, 2.05) is 23.9 Å². The maximum Gasteiger partial charge on any atom is 0.158 e. The molecule has 0 aliphatic heterocycles. The number of ketones is 1. The molecule has 1 heterocycles. The molecule has 1 fully saturated rings. The fourth-order valence-electron chi connectivity index (χ4n) is 2.17. The van der Waals surface area contributed by atoms with Gasteiger partial charge in [-0.3, -0.25) is 9.48 Å². The van der Waals surface area contributed by atoms with E-state index in [9.17, 15) is 4.79 Å². The molecule has 0 spiro atoms. The molecule has 0 amide bonds.